The lowest BCUT2D eigenvalue weighted by Gasteiger charge is -2.13. The van der Waals surface area contributed by atoms with E-state index in [0.29, 0.717) is 6.54 Å². The largest absolute Gasteiger partial charge is 0.467 e. The van der Waals surface area contributed by atoms with Crippen LogP contribution in [0.4, 0.5) is 17.5 Å². The summed E-state index contributed by atoms with van der Waals surface area (Å²) >= 11 is 0. The zero-order chi connectivity index (χ0) is 15.1. The van der Waals surface area contributed by atoms with Crippen LogP contribution in [0.15, 0.2) is 6.20 Å². The average Bonchev–Trinajstić information content (AvgIpc) is 2.43. The molecule has 1 heterocycles. The van der Waals surface area contributed by atoms with E-state index in [4.69, 9.17) is 0 Å². The molecule has 9 heteroatoms. The van der Waals surface area contributed by atoms with Crippen LogP contribution in [0.1, 0.15) is 20.3 Å². The molecule has 9 nitrogen and oxygen atoms in total. The monoisotopic (exact) mass is 283 g/mol. The van der Waals surface area contributed by atoms with Crippen molar-refractivity contribution in [3.63, 3.8) is 0 Å². The summed E-state index contributed by atoms with van der Waals surface area (Å²) in [5.74, 6) is -0.306. The first-order valence-corrected chi connectivity index (χ1v) is 6.09. The minimum atomic E-state index is -0.757. The standard InChI is InChI=1S/C11H17N5O4/c1-4-5-12-11-13-6-8(16(18)19)9(15-11)14-7(2)10(17)20-3/h6-7H,4-5H2,1-3H3,(H2,12,13,14,15). The second-order valence-electron chi connectivity index (χ2n) is 4.00. The molecule has 0 fully saturated rings. The molecule has 2 N–H and O–H groups in total. The molecule has 1 atom stereocenters. The van der Waals surface area contributed by atoms with Gasteiger partial charge in [0, 0.05) is 6.54 Å². The number of methoxy groups -OCH3 is 1. The van der Waals surface area contributed by atoms with Crippen LogP contribution >= 0.6 is 0 Å². The number of nitrogens with zero attached hydrogens (tertiary/aromatic N) is 3. The lowest BCUT2D eigenvalue weighted by Crippen LogP contribution is -2.28. The van der Waals surface area contributed by atoms with E-state index in [9.17, 15) is 14.9 Å². The molecule has 1 rings (SSSR count). The zero-order valence-corrected chi connectivity index (χ0v) is 11.5. The molecule has 1 aromatic heterocycles. The third kappa shape index (κ3) is 4.04. The van der Waals surface area contributed by atoms with E-state index in [-0.39, 0.29) is 17.5 Å². The summed E-state index contributed by atoms with van der Waals surface area (Å²) < 4.78 is 4.55. The van der Waals surface area contributed by atoms with Crippen LogP contribution in [-0.4, -0.2) is 40.6 Å². The topological polar surface area (TPSA) is 119 Å². The molecular formula is C11H17N5O4. The van der Waals surface area contributed by atoms with Gasteiger partial charge in [0.1, 0.15) is 12.2 Å². The van der Waals surface area contributed by atoms with Gasteiger partial charge in [0.2, 0.25) is 11.8 Å². The summed E-state index contributed by atoms with van der Waals surface area (Å²) in [7, 11) is 1.24. The van der Waals surface area contributed by atoms with Gasteiger partial charge in [-0.3, -0.25) is 10.1 Å². The van der Waals surface area contributed by atoms with Crippen LogP contribution in [0.25, 0.3) is 0 Å². The Morgan fingerprint density at radius 1 is 1.60 bits per heavy atom. The van der Waals surface area contributed by atoms with Crippen LogP contribution in [0, 0.1) is 10.1 Å². The number of nitrogens with one attached hydrogen (secondary N) is 2. The van der Waals surface area contributed by atoms with Crippen molar-refractivity contribution in [3.05, 3.63) is 16.3 Å². The minimum Gasteiger partial charge on any atom is -0.467 e. The first-order valence-electron chi connectivity index (χ1n) is 6.09. The van der Waals surface area contributed by atoms with E-state index in [1.165, 1.54) is 14.0 Å². The molecule has 0 bridgehead atoms. The quantitative estimate of drug-likeness (QED) is 0.435. The average molecular weight is 283 g/mol. The van der Waals surface area contributed by atoms with Gasteiger partial charge in [0.25, 0.3) is 0 Å². The van der Waals surface area contributed by atoms with Crippen molar-refractivity contribution in [3.8, 4) is 0 Å². The summed E-state index contributed by atoms with van der Waals surface area (Å²) in [5, 5.41) is 16.5. The first-order chi connectivity index (χ1) is 9.49. The lowest BCUT2D eigenvalue weighted by molar-refractivity contribution is -0.384. The molecule has 20 heavy (non-hydrogen) atoms. The number of hydrogen-bond donors (Lipinski definition) is 2. The normalized spacial score (nSPS) is 11.6. The summed E-state index contributed by atoms with van der Waals surface area (Å²) in [4.78, 5) is 29.5. The molecular weight excluding hydrogens is 266 g/mol. The lowest BCUT2D eigenvalue weighted by atomic mass is 10.3. The Morgan fingerprint density at radius 2 is 2.30 bits per heavy atom. The van der Waals surface area contributed by atoms with E-state index in [0.717, 1.165) is 12.6 Å². The zero-order valence-electron chi connectivity index (χ0n) is 11.5. The molecule has 0 aliphatic heterocycles. The maximum absolute atomic E-state index is 11.3. The van der Waals surface area contributed by atoms with E-state index in [1.807, 2.05) is 6.92 Å². The van der Waals surface area contributed by atoms with Gasteiger partial charge in [0.05, 0.1) is 12.0 Å². The van der Waals surface area contributed by atoms with E-state index in [2.05, 4.69) is 25.3 Å². The Balaban J connectivity index is 2.99. The van der Waals surface area contributed by atoms with E-state index < -0.39 is 16.9 Å². The number of carbonyl (C=O) groups is 1. The molecule has 0 aliphatic carbocycles. The molecule has 0 spiro atoms. The molecule has 0 amide bonds. The van der Waals surface area contributed by atoms with Crippen LogP contribution in [-0.2, 0) is 9.53 Å². The summed E-state index contributed by atoms with van der Waals surface area (Å²) in [6.45, 7) is 4.14. The van der Waals surface area contributed by atoms with Gasteiger partial charge in [-0.05, 0) is 13.3 Å². The van der Waals surface area contributed by atoms with Crippen molar-refractivity contribution >= 4 is 23.4 Å². The Bertz CT molecular complexity index is 494. The molecule has 110 valence electrons. The molecule has 0 aliphatic rings. The van der Waals surface area contributed by atoms with Crippen molar-refractivity contribution in [2.24, 2.45) is 0 Å². The highest BCUT2D eigenvalue weighted by Gasteiger charge is 2.22. The highest BCUT2D eigenvalue weighted by atomic mass is 16.6. The highest BCUT2D eigenvalue weighted by molar-refractivity contribution is 5.79. The van der Waals surface area contributed by atoms with Gasteiger partial charge >= 0.3 is 11.7 Å². The summed E-state index contributed by atoms with van der Waals surface area (Å²) in [6.07, 6.45) is 1.96. The Kier molecular flexibility index (Phi) is 5.63. The third-order valence-electron chi connectivity index (χ3n) is 2.41. The van der Waals surface area contributed by atoms with Gasteiger partial charge in [0.15, 0.2) is 0 Å². The minimum absolute atomic E-state index is 0.0264. The van der Waals surface area contributed by atoms with Crippen LogP contribution in [0.3, 0.4) is 0 Å². The smallest absolute Gasteiger partial charge is 0.329 e. The van der Waals surface area contributed by atoms with Gasteiger partial charge in [-0.1, -0.05) is 6.92 Å². The number of hydrogen-bond acceptors (Lipinski definition) is 8. The Morgan fingerprint density at radius 3 is 2.85 bits per heavy atom. The van der Waals surface area contributed by atoms with Gasteiger partial charge in [-0.15, -0.1) is 0 Å². The second-order valence-corrected chi connectivity index (χ2v) is 4.00. The SMILES string of the molecule is CCCNc1ncc([N+](=O)[O-])c(NC(C)C(=O)OC)n1. The third-order valence-corrected chi connectivity index (χ3v) is 2.41. The predicted molar refractivity (Wildman–Crippen MR) is 72.6 cm³/mol. The molecule has 1 unspecified atom stereocenters. The fraction of sp³-hybridized carbons (Fsp3) is 0.545. The number of ether oxygens (including phenoxy) is 1. The number of nitro groups is 1. The van der Waals surface area contributed by atoms with Gasteiger partial charge in [-0.2, -0.15) is 4.98 Å². The molecule has 0 saturated heterocycles. The van der Waals surface area contributed by atoms with Crippen LogP contribution in [0.5, 0.6) is 0 Å². The van der Waals surface area contributed by atoms with Crippen molar-refractivity contribution in [2.75, 3.05) is 24.3 Å². The number of rotatable bonds is 7. The number of esters is 1. The summed E-state index contributed by atoms with van der Waals surface area (Å²) in [6, 6.07) is -0.757. The predicted octanol–water partition coefficient (Wildman–Crippen LogP) is 1.18. The highest BCUT2D eigenvalue weighted by Crippen LogP contribution is 2.22. The number of aromatic nitrogens is 2. The van der Waals surface area contributed by atoms with Crippen molar-refractivity contribution in [1.82, 2.24) is 9.97 Å². The van der Waals surface area contributed by atoms with Crippen LogP contribution in [0.2, 0.25) is 0 Å². The van der Waals surface area contributed by atoms with Crippen molar-refractivity contribution < 1.29 is 14.5 Å². The van der Waals surface area contributed by atoms with Crippen molar-refractivity contribution in [2.45, 2.75) is 26.3 Å². The molecule has 1 aromatic rings. The van der Waals surface area contributed by atoms with Gasteiger partial charge < -0.3 is 15.4 Å². The van der Waals surface area contributed by atoms with Crippen LogP contribution < -0.4 is 10.6 Å². The molecule has 0 aromatic carbocycles. The maximum atomic E-state index is 11.3. The molecule has 0 radical (unpaired) electrons. The second kappa shape index (κ2) is 7.22. The van der Waals surface area contributed by atoms with Crippen molar-refractivity contribution in [1.29, 1.82) is 0 Å². The number of anilines is 2. The fourth-order valence-corrected chi connectivity index (χ4v) is 1.38. The van der Waals surface area contributed by atoms with E-state index >= 15 is 0 Å². The Labute approximate surface area is 115 Å². The summed E-state index contributed by atoms with van der Waals surface area (Å²) in [5.41, 5.74) is -0.303. The van der Waals surface area contributed by atoms with Gasteiger partial charge in [-0.25, -0.2) is 9.78 Å². The Hall–Kier alpha value is -2.45. The first kappa shape index (κ1) is 15.6. The molecule has 0 saturated carbocycles. The fourth-order valence-electron chi connectivity index (χ4n) is 1.38. The maximum Gasteiger partial charge on any atom is 0.329 e. The number of carbonyl (C=O) groups excluding carboxylic acids is 1. The van der Waals surface area contributed by atoms with E-state index in [1.54, 1.807) is 0 Å².